The Morgan fingerprint density at radius 3 is 2.75 bits per heavy atom. The van der Waals surface area contributed by atoms with Crippen molar-refractivity contribution in [3.8, 4) is 5.75 Å². The van der Waals surface area contributed by atoms with E-state index in [1.165, 1.54) is 0 Å². The molecule has 1 atom stereocenters. The summed E-state index contributed by atoms with van der Waals surface area (Å²) < 4.78 is 5.02. The SMILES string of the molecule is O=C(O)COc1ccc(NC(=O)C2CSCCN2)cc1. The zero-order valence-corrected chi connectivity index (χ0v) is 11.6. The maximum atomic E-state index is 12.0. The minimum atomic E-state index is -1.02. The first-order chi connectivity index (χ1) is 9.65. The van der Waals surface area contributed by atoms with E-state index in [0.29, 0.717) is 11.4 Å². The van der Waals surface area contributed by atoms with E-state index in [9.17, 15) is 9.59 Å². The van der Waals surface area contributed by atoms with Crippen LogP contribution >= 0.6 is 11.8 Å². The molecule has 1 fully saturated rings. The Balaban J connectivity index is 1.86. The van der Waals surface area contributed by atoms with Gasteiger partial charge >= 0.3 is 5.97 Å². The van der Waals surface area contributed by atoms with E-state index in [1.54, 1.807) is 36.0 Å². The lowest BCUT2D eigenvalue weighted by atomic mass is 10.2. The molecule has 0 aliphatic carbocycles. The van der Waals surface area contributed by atoms with Crippen molar-refractivity contribution in [1.29, 1.82) is 0 Å². The summed E-state index contributed by atoms with van der Waals surface area (Å²) in [6, 6.07) is 6.45. The number of aliphatic carboxylic acids is 1. The molecule has 0 saturated carbocycles. The van der Waals surface area contributed by atoms with Crippen LogP contribution in [-0.4, -0.2) is 47.7 Å². The highest BCUT2D eigenvalue weighted by Crippen LogP contribution is 2.16. The fraction of sp³-hybridized carbons (Fsp3) is 0.385. The first-order valence-electron chi connectivity index (χ1n) is 6.22. The van der Waals surface area contributed by atoms with Gasteiger partial charge in [0, 0.05) is 23.7 Å². The number of ether oxygens (including phenoxy) is 1. The minimum Gasteiger partial charge on any atom is -0.482 e. The molecule has 20 heavy (non-hydrogen) atoms. The third kappa shape index (κ3) is 4.43. The van der Waals surface area contributed by atoms with E-state index in [0.717, 1.165) is 18.1 Å². The zero-order valence-electron chi connectivity index (χ0n) is 10.8. The lowest BCUT2D eigenvalue weighted by molar-refractivity contribution is -0.139. The van der Waals surface area contributed by atoms with Gasteiger partial charge in [-0.25, -0.2) is 4.79 Å². The number of hydrogen-bond acceptors (Lipinski definition) is 5. The van der Waals surface area contributed by atoms with Crippen molar-refractivity contribution in [2.45, 2.75) is 6.04 Å². The van der Waals surface area contributed by atoms with Crippen molar-refractivity contribution in [2.24, 2.45) is 0 Å². The summed E-state index contributed by atoms with van der Waals surface area (Å²) in [5, 5.41) is 14.5. The second kappa shape index (κ2) is 7.16. The lowest BCUT2D eigenvalue weighted by Gasteiger charge is -2.22. The normalized spacial score (nSPS) is 18.3. The summed E-state index contributed by atoms with van der Waals surface area (Å²) >= 11 is 1.75. The molecule has 0 bridgehead atoms. The molecule has 108 valence electrons. The van der Waals surface area contributed by atoms with E-state index in [-0.39, 0.29) is 18.6 Å². The maximum Gasteiger partial charge on any atom is 0.341 e. The van der Waals surface area contributed by atoms with Crippen LogP contribution in [0.25, 0.3) is 0 Å². The topological polar surface area (TPSA) is 87.7 Å². The largest absolute Gasteiger partial charge is 0.482 e. The number of carbonyl (C=O) groups excluding carboxylic acids is 1. The van der Waals surface area contributed by atoms with Crippen LogP contribution in [0.4, 0.5) is 5.69 Å². The molecule has 1 unspecified atom stereocenters. The molecule has 0 aromatic heterocycles. The Morgan fingerprint density at radius 2 is 2.15 bits per heavy atom. The molecule has 1 heterocycles. The molecule has 1 aromatic carbocycles. The molecule has 3 N–H and O–H groups in total. The highest BCUT2D eigenvalue weighted by atomic mass is 32.2. The second-order valence-electron chi connectivity index (χ2n) is 4.28. The summed E-state index contributed by atoms with van der Waals surface area (Å²) in [6.07, 6.45) is 0. The zero-order chi connectivity index (χ0) is 14.4. The van der Waals surface area contributed by atoms with Crippen molar-refractivity contribution in [3.63, 3.8) is 0 Å². The van der Waals surface area contributed by atoms with Crippen LogP contribution in [0.3, 0.4) is 0 Å². The first-order valence-corrected chi connectivity index (χ1v) is 7.37. The van der Waals surface area contributed by atoms with Crippen molar-refractivity contribution >= 4 is 29.3 Å². The van der Waals surface area contributed by atoms with Crippen LogP contribution in [0, 0.1) is 0 Å². The van der Waals surface area contributed by atoms with E-state index < -0.39 is 5.97 Å². The van der Waals surface area contributed by atoms with Gasteiger partial charge in [-0.05, 0) is 24.3 Å². The summed E-state index contributed by atoms with van der Waals surface area (Å²) in [4.78, 5) is 22.3. The predicted octanol–water partition coefficient (Wildman–Crippen LogP) is 0.793. The molecule has 6 nitrogen and oxygen atoms in total. The fourth-order valence-electron chi connectivity index (χ4n) is 1.74. The average Bonchev–Trinajstić information content (AvgIpc) is 2.47. The highest BCUT2D eigenvalue weighted by molar-refractivity contribution is 7.99. The van der Waals surface area contributed by atoms with Gasteiger partial charge in [0.15, 0.2) is 6.61 Å². The van der Waals surface area contributed by atoms with Gasteiger partial charge in [0.25, 0.3) is 0 Å². The van der Waals surface area contributed by atoms with Gasteiger partial charge < -0.3 is 20.5 Å². The predicted molar refractivity (Wildman–Crippen MR) is 77.3 cm³/mol. The molecule has 7 heteroatoms. The Morgan fingerprint density at radius 1 is 1.40 bits per heavy atom. The van der Waals surface area contributed by atoms with Crippen molar-refractivity contribution in [1.82, 2.24) is 5.32 Å². The number of amides is 1. The quantitative estimate of drug-likeness (QED) is 0.745. The number of thioether (sulfide) groups is 1. The summed E-state index contributed by atoms with van der Waals surface area (Å²) in [7, 11) is 0. The van der Waals surface area contributed by atoms with Crippen LogP contribution in [-0.2, 0) is 9.59 Å². The van der Waals surface area contributed by atoms with Crippen molar-refractivity contribution < 1.29 is 19.4 Å². The summed E-state index contributed by atoms with van der Waals surface area (Å²) in [5.74, 6) is 1.17. The Hall–Kier alpha value is -1.73. The molecule has 2 rings (SSSR count). The van der Waals surface area contributed by atoms with E-state index >= 15 is 0 Å². The number of carboxylic acid groups (broad SMARTS) is 1. The van der Waals surface area contributed by atoms with Gasteiger partial charge in [0.1, 0.15) is 5.75 Å². The van der Waals surface area contributed by atoms with Crippen LogP contribution in [0.15, 0.2) is 24.3 Å². The van der Waals surface area contributed by atoms with Gasteiger partial charge in [0.05, 0.1) is 6.04 Å². The lowest BCUT2D eigenvalue weighted by Crippen LogP contribution is -2.46. The molecule has 0 radical (unpaired) electrons. The van der Waals surface area contributed by atoms with E-state index in [2.05, 4.69) is 10.6 Å². The number of anilines is 1. The van der Waals surface area contributed by atoms with Gasteiger partial charge in [-0.3, -0.25) is 4.79 Å². The molecule has 1 amide bonds. The molecule has 0 spiro atoms. The first kappa shape index (κ1) is 14.7. The Labute approximate surface area is 120 Å². The van der Waals surface area contributed by atoms with Gasteiger partial charge in [-0.2, -0.15) is 11.8 Å². The monoisotopic (exact) mass is 296 g/mol. The number of nitrogens with one attached hydrogen (secondary N) is 2. The molecule has 1 aromatic rings. The van der Waals surface area contributed by atoms with Crippen molar-refractivity contribution in [3.05, 3.63) is 24.3 Å². The Bertz CT molecular complexity index is 472. The van der Waals surface area contributed by atoms with Crippen LogP contribution in [0.1, 0.15) is 0 Å². The van der Waals surface area contributed by atoms with Gasteiger partial charge in [-0.15, -0.1) is 0 Å². The summed E-state index contributed by atoms with van der Waals surface area (Å²) in [5.41, 5.74) is 0.662. The number of benzene rings is 1. The maximum absolute atomic E-state index is 12.0. The number of carbonyl (C=O) groups is 2. The molecular formula is C13H16N2O4S. The molecule has 1 saturated heterocycles. The number of carboxylic acids is 1. The molecule has 1 aliphatic rings. The van der Waals surface area contributed by atoms with Crippen LogP contribution < -0.4 is 15.4 Å². The van der Waals surface area contributed by atoms with Crippen LogP contribution in [0.5, 0.6) is 5.75 Å². The molecule has 1 aliphatic heterocycles. The van der Waals surface area contributed by atoms with Crippen molar-refractivity contribution in [2.75, 3.05) is 30.0 Å². The highest BCUT2D eigenvalue weighted by Gasteiger charge is 2.20. The summed E-state index contributed by atoms with van der Waals surface area (Å²) in [6.45, 7) is 0.458. The van der Waals surface area contributed by atoms with Gasteiger partial charge in [0.2, 0.25) is 5.91 Å². The van der Waals surface area contributed by atoms with E-state index in [1.807, 2.05) is 0 Å². The third-order valence-electron chi connectivity index (χ3n) is 2.72. The van der Waals surface area contributed by atoms with Gasteiger partial charge in [-0.1, -0.05) is 0 Å². The fourth-order valence-corrected chi connectivity index (χ4v) is 2.68. The molecular weight excluding hydrogens is 280 g/mol. The number of rotatable bonds is 5. The van der Waals surface area contributed by atoms with E-state index in [4.69, 9.17) is 9.84 Å². The Kier molecular flexibility index (Phi) is 5.25. The third-order valence-corrected chi connectivity index (χ3v) is 3.78. The minimum absolute atomic E-state index is 0.0589. The second-order valence-corrected chi connectivity index (χ2v) is 5.43. The smallest absolute Gasteiger partial charge is 0.341 e. The van der Waals surface area contributed by atoms with Crippen LogP contribution in [0.2, 0.25) is 0 Å². The number of hydrogen-bond donors (Lipinski definition) is 3. The standard InChI is InChI=1S/C13H16N2O4S/c16-12(17)7-19-10-3-1-9(2-4-10)15-13(18)11-8-20-6-5-14-11/h1-4,11,14H,5-8H2,(H,15,18)(H,16,17). The average molecular weight is 296 g/mol.